The van der Waals surface area contributed by atoms with Gasteiger partial charge in [0.15, 0.2) is 0 Å². The molecule has 0 fully saturated rings. The van der Waals surface area contributed by atoms with E-state index in [2.05, 4.69) is 103 Å². The molecule has 8 rings (SSSR count). The van der Waals surface area contributed by atoms with Crippen LogP contribution in [0.15, 0.2) is 133 Å². The maximum Gasteiger partial charge on any atom is 0.0979 e. The fraction of sp³-hybridized carbons (Fsp3) is 0. The Morgan fingerprint density at radius 1 is 0.436 bits per heavy atom. The molecule has 8 aromatic rings. The molecule has 182 valence electrons. The van der Waals surface area contributed by atoms with Crippen LogP contribution in [-0.2, 0) is 0 Å². The molecular formula is C36H22N2S. The summed E-state index contributed by atoms with van der Waals surface area (Å²) in [6.07, 6.45) is 0. The van der Waals surface area contributed by atoms with E-state index in [9.17, 15) is 0 Å². The SMILES string of the molecule is c1ccc(-c2nc3ccccc3nc2-c2cccc3sc4c5ccccc5c(-c5ccccc5)cc4c23)cc1. The maximum atomic E-state index is 5.24. The number of fused-ring (bicyclic) bond motifs is 6. The summed E-state index contributed by atoms with van der Waals surface area (Å²) in [6, 6.07) is 47.0. The van der Waals surface area contributed by atoms with Gasteiger partial charge in [0.05, 0.1) is 22.4 Å². The first-order valence-electron chi connectivity index (χ1n) is 13.1. The van der Waals surface area contributed by atoms with Gasteiger partial charge in [-0.15, -0.1) is 11.3 Å². The molecule has 2 aromatic heterocycles. The number of benzene rings is 6. The van der Waals surface area contributed by atoms with Crippen molar-refractivity contribution >= 4 is 53.3 Å². The van der Waals surface area contributed by atoms with E-state index in [0.29, 0.717) is 0 Å². The number of hydrogen-bond acceptors (Lipinski definition) is 3. The van der Waals surface area contributed by atoms with Gasteiger partial charge in [0.2, 0.25) is 0 Å². The quantitative estimate of drug-likeness (QED) is 0.234. The number of hydrogen-bond donors (Lipinski definition) is 0. The van der Waals surface area contributed by atoms with E-state index in [-0.39, 0.29) is 0 Å². The van der Waals surface area contributed by atoms with Crippen LogP contribution < -0.4 is 0 Å². The van der Waals surface area contributed by atoms with Crippen molar-refractivity contribution in [1.29, 1.82) is 0 Å². The van der Waals surface area contributed by atoms with Crippen LogP contribution in [0.4, 0.5) is 0 Å². The molecule has 0 amide bonds. The second-order valence-corrected chi connectivity index (χ2v) is 10.8. The van der Waals surface area contributed by atoms with Gasteiger partial charge >= 0.3 is 0 Å². The molecule has 2 heterocycles. The molecule has 0 aliphatic heterocycles. The molecule has 0 radical (unpaired) electrons. The van der Waals surface area contributed by atoms with Gasteiger partial charge in [0.25, 0.3) is 0 Å². The molecule has 39 heavy (non-hydrogen) atoms. The second-order valence-electron chi connectivity index (χ2n) is 9.77. The molecule has 0 aliphatic carbocycles. The zero-order valence-electron chi connectivity index (χ0n) is 21.0. The van der Waals surface area contributed by atoms with Crippen molar-refractivity contribution in [3.63, 3.8) is 0 Å². The highest BCUT2D eigenvalue weighted by Crippen LogP contribution is 2.46. The molecular weight excluding hydrogens is 492 g/mol. The van der Waals surface area contributed by atoms with E-state index in [1.807, 2.05) is 41.7 Å². The van der Waals surface area contributed by atoms with E-state index < -0.39 is 0 Å². The number of nitrogens with zero attached hydrogens (tertiary/aromatic N) is 2. The van der Waals surface area contributed by atoms with Crippen molar-refractivity contribution in [2.24, 2.45) is 0 Å². The maximum absolute atomic E-state index is 5.24. The molecule has 0 saturated heterocycles. The monoisotopic (exact) mass is 514 g/mol. The molecule has 3 heteroatoms. The van der Waals surface area contributed by atoms with Gasteiger partial charge < -0.3 is 0 Å². The smallest absolute Gasteiger partial charge is 0.0979 e. The Labute approximate surface area is 229 Å². The van der Waals surface area contributed by atoms with E-state index in [1.54, 1.807) is 0 Å². The van der Waals surface area contributed by atoms with Gasteiger partial charge in [-0.3, -0.25) is 0 Å². The van der Waals surface area contributed by atoms with Gasteiger partial charge in [-0.25, -0.2) is 9.97 Å². The lowest BCUT2D eigenvalue weighted by molar-refractivity contribution is 1.30. The zero-order chi connectivity index (χ0) is 25.8. The van der Waals surface area contributed by atoms with Crippen molar-refractivity contribution in [3.05, 3.63) is 133 Å². The highest BCUT2D eigenvalue weighted by atomic mass is 32.1. The molecule has 0 unspecified atom stereocenters. The normalized spacial score (nSPS) is 11.6. The lowest BCUT2D eigenvalue weighted by Crippen LogP contribution is -1.95. The summed E-state index contributed by atoms with van der Waals surface area (Å²) in [5, 5.41) is 5.06. The van der Waals surface area contributed by atoms with Crippen LogP contribution in [0.3, 0.4) is 0 Å². The van der Waals surface area contributed by atoms with Crippen LogP contribution in [0.5, 0.6) is 0 Å². The van der Waals surface area contributed by atoms with E-state index in [0.717, 1.165) is 33.5 Å². The van der Waals surface area contributed by atoms with E-state index in [4.69, 9.17) is 9.97 Å². The van der Waals surface area contributed by atoms with Gasteiger partial charge in [-0.05, 0) is 40.8 Å². The molecule has 6 aromatic carbocycles. The number of aromatic nitrogens is 2. The minimum absolute atomic E-state index is 0.902. The van der Waals surface area contributed by atoms with Gasteiger partial charge in [0, 0.05) is 36.7 Å². The Hall–Kier alpha value is -4.86. The highest BCUT2D eigenvalue weighted by Gasteiger charge is 2.20. The summed E-state index contributed by atoms with van der Waals surface area (Å²) in [4.78, 5) is 10.4. The van der Waals surface area contributed by atoms with Gasteiger partial charge in [0.1, 0.15) is 0 Å². The Balaban J connectivity index is 1.51. The van der Waals surface area contributed by atoms with E-state index >= 15 is 0 Å². The van der Waals surface area contributed by atoms with E-state index in [1.165, 1.54) is 42.1 Å². The third-order valence-corrected chi connectivity index (χ3v) is 8.66. The van der Waals surface area contributed by atoms with Crippen molar-refractivity contribution in [2.75, 3.05) is 0 Å². The average molecular weight is 515 g/mol. The lowest BCUT2D eigenvalue weighted by atomic mass is 9.93. The number of para-hydroxylation sites is 2. The molecule has 0 N–H and O–H groups in total. The Morgan fingerprint density at radius 3 is 1.79 bits per heavy atom. The van der Waals surface area contributed by atoms with Crippen LogP contribution in [0, 0.1) is 0 Å². The first kappa shape index (κ1) is 22.2. The second kappa shape index (κ2) is 8.87. The van der Waals surface area contributed by atoms with Crippen molar-refractivity contribution in [1.82, 2.24) is 9.97 Å². The summed E-state index contributed by atoms with van der Waals surface area (Å²) in [6.45, 7) is 0. The van der Waals surface area contributed by atoms with Gasteiger partial charge in [-0.1, -0.05) is 109 Å². The Kier molecular flexibility index (Phi) is 5.04. The van der Waals surface area contributed by atoms with Crippen LogP contribution in [0.1, 0.15) is 0 Å². The first-order valence-corrected chi connectivity index (χ1v) is 13.9. The summed E-state index contributed by atoms with van der Waals surface area (Å²) in [5.41, 5.74) is 8.29. The fourth-order valence-electron chi connectivity index (χ4n) is 5.69. The highest BCUT2D eigenvalue weighted by molar-refractivity contribution is 7.26. The average Bonchev–Trinajstić information content (AvgIpc) is 3.40. The largest absolute Gasteiger partial charge is 0.244 e. The Morgan fingerprint density at radius 2 is 1.05 bits per heavy atom. The minimum atomic E-state index is 0.902. The first-order chi connectivity index (χ1) is 19.3. The van der Waals surface area contributed by atoms with Gasteiger partial charge in [-0.2, -0.15) is 0 Å². The Bertz CT molecular complexity index is 2160. The fourth-order valence-corrected chi connectivity index (χ4v) is 6.93. The third-order valence-electron chi connectivity index (χ3n) is 7.46. The lowest BCUT2D eigenvalue weighted by Gasteiger charge is -2.13. The number of thiophene rings is 1. The summed E-state index contributed by atoms with van der Waals surface area (Å²) < 4.78 is 2.56. The minimum Gasteiger partial charge on any atom is -0.244 e. The van der Waals surface area contributed by atoms with Crippen LogP contribution in [-0.4, -0.2) is 9.97 Å². The van der Waals surface area contributed by atoms with Crippen LogP contribution >= 0.6 is 11.3 Å². The molecule has 0 aliphatic rings. The third kappa shape index (κ3) is 3.55. The molecule has 0 spiro atoms. The van der Waals surface area contributed by atoms with Crippen molar-refractivity contribution in [2.45, 2.75) is 0 Å². The predicted octanol–water partition coefficient (Wildman–Crippen LogP) is 10.2. The molecule has 0 bridgehead atoms. The molecule has 0 atom stereocenters. The summed E-state index contributed by atoms with van der Waals surface area (Å²) in [7, 11) is 0. The zero-order valence-corrected chi connectivity index (χ0v) is 21.8. The van der Waals surface area contributed by atoms with Crippen molar-refractivity contribution in [3.8, 4) is 33.6 Å². The number of rotatable bonds is 3. The summed E-state index contributed by atoms with van der Waals surface area (Å²) in [5.74, 6) is 0. The molecule has 2 nitrogen and oxygen atoms in total. The van der Waals surface area contributed by atoms with Crippen LogP contribution in [0.2, 0.25) is 0 Å². The standard InChI is InChI=1S/C36H22N2S/c1-3-12-23(13-4-1)28-22-29-33-27(18-11-21-32(33)39-36(29)26-17-8-7-16-25(26)28)35-34(24-14-5-2-6-15-24)37-30-19-9-10-20-31(30)38-35/h1-22H. The topological polar surface area (TPSA) is 25.8 Å². The van der Waals surface area contributed by atoms with Crippen molar-refractivity contribution < 1.29 is 0 Å². The van der Waals surface area contributed by atoms with Crippen LogP contribution in [0.25, 0.3) is 75.6 Å². The predicted molar refractivity (Wildman–Crippen MR) is 166 cm³/mol. The summed E-state index contributed by atoms with van der Waals surface area (Å²) >= 11 is 1.86. The molecule has 0 saturated carbocycles.